The van der Waals surface area contributed by atoms with Gasteiger partial charge in [-0.15, -0.1) is 6.42 Å². The Morgan fingerprint density at radius 1 is 1.44 bits per heavy atom. The van der Waals surface area contributed by atoms with Crippen molar-refractivity contribution in [1.29, 1.82) is 0 Å². The highest BCUT2D eigenvalue weighted by Gasteiger charge is 2.08. The molecule has 2 rings (SSSR count). The van der Waals surface area contributed by atoms with Gasteiger partial charge in [-0.25, -0.2) is 0 Å². The van der Waals surface area contributed by atoms with E-state index in [0.29, 0.717) is 0 Å². The van der Waals surface area contributed by atoms with Crippen molar-refractivity contribution in [3.05, 3.63) is 36.0 Å². The first kappa shape index (κ1) is 12.2. The van der Waals surface area contributed by atoms with E-state index in [-0.39, 0.29) is 25.6 Å². The second kappa shape index (κ2) is 5.39. The molecule has 0 bridgehead atoms. The first-order valence-electron chi connectivity index (χ1n) is 5.64. The quantitative estimate of drug-likeness (QED) is 0.782. The maximum Gasteiger partial charge on any atom is 0.240 e. The molecule has 1 aromatic heterocycles. The topological polar surface area (TPSA) is 54.3 Å². The predicted molar refractivity (Wildman–Crippen MR) is 69.7 cm³/mol. The van der Waals surface area contributed by atoms with Crippen molar-refractivity contribution in [3.63, 3.8) is 0 Å². The van der Waals surface area contributed by atoms with Crippen molar-refractivity contribution in [3.8, 4) is 12.3 Å². The number of carbonyl (C=O) groups excluding carboxylic acids is 1. The summed E-state index contributed by atoms with van der Waals surface area (Å²) in [6.45, 7) is 0.375. The van der Waals surface area contributed by atoms with Crippen LogP contribution in [-0.2, 0) is 17.9 Å². The molecule has 1 amide bonds. The Bertz CT molecular complexity index is 608. The molecule has 0 radical (unpaired) electrons. The number of hydrogen-bond acceptors (Lipinski definition) is 2. The van der Waals surface area contributed by atoms with E-state index >= 15 is 0 Å². The Labute approximate surface area is 105 Å². The van der Waals surface area contributed by atoms with Gasteiger partial charge in [-0.2, -0.15) is 0 Å². The molecule has 0 atom stereocenters. The number of amides is 1. The average molecular weight is 242 g/mol. The average Bonchev–Trinajstić information content (AvgIpc) is 2.79. The summed E-state index contributed by atoms with van der Waals surface area (Å²) in [5, 5.41) is 12.9. The highest BCUT2D eigenvalue weighted by atomic mass is 16.3. The SMILES string of the molecule is C#CCNC(=O)Cn1ccc2cccc(CO)c21. The maximum absolute atomic E-state index is 11.6. The van der Waals surface area contributed by atoms with Gasteiger partial charge >= 0.3 is 0 Å². The van der Waals surface area contributed by atoms with Gasteiger partial charge in [-0.3, -0.25) is 4.79 Å². The van der Waals surface area contributed by atoms with Crippen molar-refractivity contribution >= 4 is 16.8 Å². The van der Waals surface area contributed by atoms with Crippen LogP contribution in [0.1, 0.15) is 5.56 Å². The van der Waals surface area contributed by atoms with Crippen LogP contribution in [0.25, 0.3) is 10.9 Å². The van der Waals surface area contributed by atoms with Crippen LogP contribution in [0, 0.1) is 12.3 Å². The molecule has 0 saturated carbocycles. The lowest BCUT2D eigenvalue weighted by atomic mass is 10.1. The van der Waals surface area contributed by atoms with Crippen LogP contribution < -0.4 is 5.32 Å². The van der Waals surface area contributed by atoms with Gasteiger partial charge in [0, 0.05) is 11.8 Å². The molecule has 2 aromatic rings. The zero-order chi connectivity index (χ0) is 13.0. The molecule has 18 heavy (non-hydrogen) atoms. The van der Waals surface area contributed by atoms with Gasteiger partial charge in [0.1, 0.15) is 6.54 Å². The summed E-state index contributed by atoms with van der Waals surface area (Å²) in [4.78, 5) is 11.6. The van der Waals surface area contributed by atoms with Crippen molar-refractivity contribution in [2.45, 2.75) is 13.2 Å². The Hall–Kier alpha value is -2.25. The lowest BCUT2D eigenvalue weighted by Gasteiger charge is -2.08. The zero-order valence-electron chi connectivity index (χ0n) is 9.89. The van der Waals surface area contributed by atoms with Crippen LogP contribution in [-0.4, -0.2) is 22.1 Å². The van der Waals surface area contributed by atoms with E-state index in [0.717, 1.165) is 16.5 Å². The third-order valence-corrected chi connectivity index (χ3v) is 2.74. The molecule has 2 N–H and O–H groups in total. The second-order valence-electron chi connectivity index (χ2n) is 3.94. The molecule has 0 saturated heterocycles. The zero-order valence-corrected chi connectivity index (χ0v) is 9.89. The molecule has 0 aliphatic heterocycles. The van der Waals surface area contributed by atoms with Crippen molar-refractivity contribution in [2.24, 2.45) is 0 Å². The van der Waals surface area contributed by atoms with Crippen molar-refractivity contribution in [1.82, 2.24) is 9.88 Å². The fourth-order valence-electron chi connectivity index (χ4n) is 1.96. The third kappa shape index (κ3) is 2.36. The van der Waals surface area contributed by atoms with Gasteiger partial charge in [0.25, 0.3) is 0 Å². The van der Waals surface area contributed by atoms with Gasteiger partial charge in [0.15, 0.2) is 0 Å². The number of rotatable bonds is 4. The van der Waals surface area contributed by atoms with E-state index in [4.69, 9.17) is 6.42 Å². The highest BCUT2D eigenvalue weighted by molar-refractivity contribution is 5.85. The number of aromatic nitrogens is 1. The maximum atomic E-state index is 11.6. The molecule has 0 spiro atoms. The van der Waals surface area contributed by atoms with Crippen LogP contribution in [0.2, 0.25) is 0 Å². The van der Waals surface area contributed by atoms with Crippen LogP contribution in [0.15, 0.2) is 30.5 Å². The van der Waals surface area contributed by atoms with Crippen molar-refractivity contribution < 1.29 is 9.90 Å². The highest BCUT2D eigenvalue weighted by Crippen LogP contribution is 2.20. The van der Waals surface area contributed by atoms with Gasteiger partial charge in [0.05, 0.1) is 18.7 Å². The lowest BCUT2D eigenvalue weighted by molar-refractivity contribution is -0.121. The number of nitrogens with one attached hydrogen (secondary N) is 1. The number of terminal acetylenes is 1. The minimum Gasteiger partial charge on any atom is -0.392 e. The number of carbonyl (C=O) groups is 1. The first-order valence-corrected chi connectivity index (χ1v) is 5.64. The number of aliphatic hydroxyl groups is 1. The largest absolute Gasteiger partial charge is 0.392 e. The van der Waals surface area contributed by atoms with E-state index in [1.807, 2.05) is 35.0 Å². The van der Waals surface area contributed by atoms with Crippen molar-refractivity contribution in [2.75, 3.05) is 6.54 Å². The molecule has 4 heteroatoms. The molecule has 0 fully saturated rings. The van der Waals surface area contributed by atoms with Crippen LogP contribution >= 0.6 is 0 Å². The lowest BCUT2D eigenvalue weighted by Crippen LogP contribution is -2.27. The van der Waals surface area contributed by atoms with Gasteiger partial charge in [0.2, 0.25) is 5.91 Å². The fourth-order valence-corrected chi connectivity index (χ4v) is 1.96. The summed E-state index contributed by atoms with van der Waals surface area (Å²) in [5.41, 5.74) is 1.69. The predicted octanol–water partition coefficient (Wildman–Crippen LogP) is 0.883. The van der Waals surface area contributed by atoms with Crippen LogP contribution in [0.4, 0.5) is 0 Å². The molecular formula is C14H14N2O2. The number of nitrogens with zero attached hydrogens (tertiary/aromatic N) is 1. The summed E-state index contributed by atoms with van der Waals surface area (Å²) in [6.07, 6.45) is 6.91. The Morgan fingerprint density at radius 3 is 3.00 bits per heavy atom. The van der Waals surface area contributed by atoms with E-state index in [1.165, 1.54) is 0 Å². The first-order chi connectivity index (χ1) is 8.76. The number of aliphatic hydroxyl groups excluding tert-OH is 1. The normalized spacial score (nSPS) is 10.2. The van der Waals surface area contributed by atoms with E-state index in [1.54, 1.807) is 0 Å². The number of hydrogen-bond donors (Lipinski definition) is 2. The summed E-state index contributed by atoms with van der Waals surface area (Å²) < 4.78 is 1.81. The molecule has 1 aromatic carbocycles. The molecule has 92 valence electrons. The molecule has 0 aliphatic rings. The number of fused-ring (bicyclic) bond motifs is 1. The molecule has 0 aliphatic carbocycles. The standard InChI is InChI=1S/C14H14N2O2/c1-2-7-15-13(18)9-16-8-6-11-4-3-5-12(10-17)14(11)16/h1,3-6,8,17H,7,9-10H2,(H,15,18). The monoisotopic (exact) mass is 242 g/mol. The Kier molecular flexibility index (Phi) is 3.66. The van der Waals surface area contributed by atoms with E-state index < -0.39 is 0 Å². The Morgan fingerprint density at radius 2 is 2.28 bits per heavy atom. The second-order valence-corrected chi connectivity index (χ2v) is 3.94. The smallest absolute Gasteiger partial charge is 0.240 e. The summed E-state index contributed by atoms with van der Waals surface area (Å²) in [7, 11) is 0. The molecule has 4 nitrogen and oxygen atoms in total. The minimum absolute atomic E-state index is 0.0483. The number of benzene rings is 1. The molecule has 1 heterocycles. The molecular weight excluding hydrogens is 228 g/mol. The van der Waals surface area contributed by atoms with E-state index in [9.17, 15) is 9.90 Å². The summed E-state index contributed by atoms with van der Waals surface area (Å²) >= 11 is 0. The summed E-state index contributed by atoms with van der Waals surface area (Å²) in [5.74, 6) is 2.22. The number of para-hydroxylation sites is 1. The fraction of sp³-hybridized carbons (Fsp3) is 0.214. The molecule has 0 unspecified atom stereocenters. The van der Waals surface area contributed by atoms with Crippen LogP contribution in [0.5, 0.6) is 0 Å². The van der Waals surface area contributed by atoms with Crippen LogP contribution in [0.3, 0.4) is 0 Å². The van der Waals surface area contributed by atoms with Gasteiger partial charge < -0.3 is 15.0 Å². The van der Waals surface area contributed by atoms with Gasteiger partial charge in [-0.05, 0) is 11.5 Å². The Balaban J connectivity index is 2.29. The van der Waals surface area contributed by atoms with Gasteiger partial charge in [-0.1, -0.05) is 24.1 Å². The third-order valence-electron chi connectivity index (χ3n) is 2.74. The summed E-state index contributed by atoms with van der Waals surface area (Å²) in [6, 6.07) is 7.60. The van der Waals surface area contributed by atoms with E-state index in [2.05, 4.69) is 11.2 Å². The minimum atomic E-state index is -0.141.